The smallest absolute Gasteiger partial charge is 0.162 e. The number of halogens is 2. The van der Waals surface area contributed by atoms with Gasteiger partial charge in [0.2, 0.25) is 0 Å². The number of benzene rings is 1. The highest BCUT2D eigenvalue weighted by Crippen LogP contribution is 2.47. The Balaban J connectivity index is 1.31. The van der Waals surface area contributed by atoms with Crippen molar-refractivity contribution in [2.24, 2.45) is 23.7 Å². The highest BCUT2D eigenvalue weighted by molar-refractivity contribution is 5.28. The van der Waals surface area contributed by atoms with Crippen LogP contribution in [-0.4, -0.2) is 0 Å². The Hall–Kier alpha value is -0.920. The van der Waals surface area contributed by atoms with Gasteiger partial charge in [-0.1, -0.05) is 31.4 Å². The summed E-state index contributed by atoms with van der Waals surface area (Å²) >= 11 is 0. The van der Waals surface area contributed by atoms with Gasteiger partial charge in [0.15, 0.2) is 11.6 Å². The molecule has 3 saturated carbocycles. The molecule has 1 aromatic carbocycles. The quantitative estimate of drug-likeness (QED) is 0.545. The standard InChI is InChI=1S/C23H32F2/c1-15-5-14-21(23(25)22(15)24)20-12-10-19(11-13-20)18-8-6-17(7-9-18)16-3-2-4-16/h5,14,16-20H,2-4,6-13H2,1H3. The van der Waals surface area contributed by atoms with Crippen LogP contribution in [0.3, 0.4) is 0 Å². The van der Waals surface area contributed by atoms with Gasteiger partial charge < -0.3 is 0 Å². The second-order valence-corrected chi connectivity index (χ2v) is 9.08. The lowest BCUT2D eigenvalue weighted by Gasteiger charge is -2.42. The number of rotatable bonds is 3. The summed E-state index contributed by atoms with van der Waals surface area (Å²) in [5.74, 6) is 2.78. The molecule has 0 unspecified atom stereocenters. The Labute approximate surface area is 151 Å². The predicted molar refractivity (Wildman–Crippen MR) is 98.6 cm³/mol. The molecule has 3 aliphatic rings. The molecular formula is C23H32F2. The molecule has 3 aliphatic carbocycles. The van der Waals surface area contributed by atoms with Crippen molar-refractivity contribution in [2.45, 2.75) is 83.5 Å². The van der Waals surface area contributed by atoms with Gasteiger partial charge in [-0.3, -0.25) is 0 Å². The van der Waals surface area contributed by atoms with Crippen molar-refractivity contribution in [1.29, 1.82) is 0 Å². The van der Waals surface area contributed by atoms with Crippen LogP contribution in [0, 0.1) is 42.2 Å². The van der Waals surface area contributed by atoms with Crippen LogP contribution in [0.1, 0.15) is 87.7 Å². The van der Waals surface area contributed by atoms with Crippen LogP contribution in [0.4, 0.5) is 8.78 Å². The van der Waals surface area contributed by atoms with Crippen LogP contribution in [0.25, 0.3) is 0 Å². The van der Waals surface area contributed by atoms with E-state index in [1.165, 1.54) is 57.8 Å². The maximum absolute atomic E-state index is 14.3. The van der Waals surface area contributed by atoms with Gasteiger partial charge >= 0.3 is 0 Å². The summed E-state index contributed by atoms with van der Waals surface area (Å²) in [5.41, 5.74) is 1.04. The maximum Gasteiger partial charge on any atom is 0.162 e. The van der Waals surface area contributed by atoms with E-state index in [1.807, 2.05) is 6.07 Å². The molecule has 0 heterocycles. The third-order valence-corrected chi connectivity index (χ3v) is 7.82. The SMILES string of the molecule is Cc1ccc(C2CCC(C3CCC(C4CCC4)CC3)CC2)c(F)c1F. The van der Waals surface area contributed by atoms with Crippen molar-refractivity contribution < 1.29 is 8.78 Å². The van der Waals surface area contributed by atoms with Gasteiger partial charge in [0.25, 0.3) is 0 Å². The van der Waals surface area contributed by atoms with Crippen LogP contribution in [-0.2, 0) is 0 Å². The summed E-state index contributed by atoms with van der Waals surface area (Å²) in [6.45, 7) is 1.64. The molecule has 0 saturated heterocycles. The van der Waals surface area contributed by atoms with Gasteiger partial charge in [0, 0.05) is 0 Å². The minimum Gasteiger partial charge on any atom is -0.203 e. The normalized spacial score (nSPS) is 33.9. The molecule has 0 spiro atoms. The van der Waals surface area contributed by atoms with E-state index in [1.54, 1.807) is 13.0 Å². The lowest BCUT2D eigenvalue weighted by Crippen LogP contribution is -2.30. The zero-order valence-corrected chi connectivity index (χ0v) is 15.6. The molecule has 4 rings (SSSR count). The largest absolute Gasteiger partial charge is 0.203 e. The van der Waals surface area contributed by atoms with E-state index < -0.39 is 11.6 Å². The molecule has 138 valence electrons. The monoisotopic (exact) mass is 346 g/mol. The molecule has 0 bridgehead atoms. The summed E-state index contributed by atoms with van der Waals surface area (Å²) in [6, 6.07) is 3.56. The van der Waals surface area contributed by atoms with E-state index in [0.29, 0.717) is 11.1 Å². The van der Waals surface area contributed by atoms with E-state index in [-0.39, 0.29) is 5.92 Å². The summed E-state index contributed by atoms with van der Waals surface area (Å²) < 4.78 is 28.2. The fourth-order valence-corrected chi connectivity index (χ4v) is 5.88. The zero-order chi connectivity index (χ0) is 17.4. The fourth-order valence-electron chi connectivity index (χ4n) is 5.88. The first-order valence-corrected chi connectivity index (χ1v) is 10.6. The van der Waals surface area contributed by atoms with Crippen molar-refractivity contribution >= 4 is 0 Å². The molecule has 0 aromatic heterocycles. The highest BCUT2D eigenvalue weighted by Gasteiger charge is 2.35. The summed E-state index contributed by atoms with van der Waals surface area (Å²) in [7, 11) is 0. The van der Waals surface area contributed by atoms with Crippen molar-refractivity contribution in [3.8, 4) is 0 Å². The molecule has 1 aromatic rings. The van der Waals surface area contributed by atoms with E-state index >= 15 is 0 Å². The minimum absolute atomic E-state index is 0.220. The molecule has 0 N–H and O–H groups in total. The molecule has 0 aliphatic heterocycles. The topological polar surface area (TPSA) is 0 Å². The Morgan fingerprint density at radius 2 is 1.12 bits per heavy atom. The van der Waals surface area contributed by atoms with Crippen molar-refractivity contribution in [3.63, 3.8) is 0 Å². The van der Waals surface area contributed by atoms with E-state index in [2.05, 4.69) is 0 Å². The third-order valence-electron chi connectivity index (χ3n) is 7.82. The van der Waals surface area contributed by atoms with Gasteiger partial charge in [0.05, 0.1) is 0 Å². The molecule has 0 amide bonds. The molecule has 3 fully saturated rings. The van der Waals surface area contributed by atoms with Crippen molar-refractivity contribution in [2.75, 3.05) is 0 Å². The van der Waals surface area contributed by atoms with Crippen LogP contribution in [0.5, 0.6) is 0 Å². The lowest BCUT2D eigenvalue weighted by molar-refractivity contribution is 0.103. The average Bonchev–Trinajstić information content (AvgIpc) is 2.59. The first kappa shape index (κ1) is 17.5. The number of hydrogen-bond donors (Lipinski definition) is 0. The van der Waals surface area contributed by atoms with Gasteiger partial charge in [-0.05, 0) is 99.0 Å². The predicted octanol–water partition coefficient (Wildman–Crippen LogP) is 7.15. The Morgan fingerprint density at radius 3 is 1.60 bits per heavy atom. The number of aryl methyl sites for hydroxylation is 1. The molecule has 2 heteroatoms. The van der Waals surface area contributed by atoms with Crippen LogP contribution >= 0.6 is 0 Å². The number of hydrogen-bond acceptors (Lipinski definition) is 0. The first-order valence-electron chi connectivity index (χ1n) is 10.6. The second-order valence-electron chi connectivity index (χ2n) is 9.08. The van der Waals surface area contributed by atoms with Gasteiger partial charge in [-0.25, -0.2) is 8.78 Å². The minimum atomic E-state index is -0.644. The van der Waals surface area contributed by atoms with Crippen LogP contribution in [0.15, 0.2) is 12.1 Å². The Kier molecular flexibility index (Phi) is 5.15. The van der Waals surface area contributed by atoms with Gasteiger partial charge in [0.1, 0.15) is 0 Å². The Morgan fingerprint density at radius 1 is 0.640 bits per heavy atom. The first-order chi connectivity index (χ1) is 12.1. The zero-order valence-electron chi connectivity index (χ0n) is 15.6. The molecular weight excluding hydrogens is 314 g/mol. The average molecular weight is 347 g/mol. The fraction of sp³-hybridized carbons (Fsp3) is 0.739. The van der Waals surface area contributed by atoms with Crippen LogP contribution in [0.2, 0.25) is 0 Å². The summed E-state index contributed by atoms with van der Waals surface area (Å²) in [4.78, 5) is 0. The molecule has 25 heavy (non-hydrogen) atoms. The maximum atomic E-state index is 14.3. The molecule has 0 nitrogen and oxygen atoms in total. The highest BCUT2D eigenvalue weighted by atomic mass is 19.2. The van der Waals surface area contributed by atoms with E-state index in [9.17, 15) is 8.78 Å². The third kappa shape index (κ3) is 3.51. The second kappa shape index (κ2) is 7.37. The van der Waals surface area contributed by atoms with E-state index in [0.717, 1.165) is 36.5 Å². The van der Waals surface area contributed by atoms with Crippen molar-refractivity contribution in [3.05, 3.63) is 34.9 Å². The van der Waals surface area contributed by atoms with Gasteiger partial charge in [-0.15, -0.1) is 0 Å². The van der Waals surface area contributed by atoms with E-state index in [4.69, 9.17) is 0 Å². The summed E-state index contributed by atoms with van der Waals surface area (Å²) in [5, 5.41) is 0. The Bertz CT molecular complexity index is 588. The molecule has 0 radical (unpaired) electrons. The lowest BCUT2D eigenvalue weighted by atomic mass is 9.64. The molecule has 0 atom stereocenters. The summed E-state index contributed by atoms with van der Waals surface area (Å²) in [6.07, 6.45) is 14.7. The van der Waals surface area contributed by atoms with Crippen molar-refractivity contribution in [1.82, 2.24) is 0 Å². The van der Waals surface area contributed by atoms with Gasteiger partial charge in [-0.2, -0.15) is 0 Å². The van der Waals surface area contributed by atoms with Crippen LogP contribution < -0.4 is 0 Å².